The van der Waals surface area contributed by atoms with E-state index in [0.29, 0.717) is 54.5 Å². The molecule has 0 radical (unpaired) electrons. The topological polar surface area (TPSA) is 79.1 Å². The Morgan fingerprint density at radius 2 is 1.78 bits per heavy atom. The zero-order valence-corrected chi connectivity index (χ0v) is 28.8. The van der Waals surface area contributed by atoms with Crippen molar-refractivity contribution in [3.05, 3.63) is 124 Å². The van der Waals surface area contributed by atoms with Gasteiger partial charge >= 0.3 is 5.97 Å². The average molecular weight is 680 g/mol. The summed E-state index contributed by atoms with van der Waals surface area (Å²) >= 11 is 13.5. The predicted molar refractivity (Wildman–Crippen MR) is 184 cm³/mol. The van der Waals surface area contributed by atoms with E-state index in [9.17, 15) is 9.59 Å². The third kappa shape index (κ3) is 7.09. The van der Waals surface area contributed by atoms with Crippen LogP contribution in [0.3, 0.4) is 0 Å². The summed E-state index contributed by atoms with van der Waals surface area (Å²) in [7, 11) is 1.57. The van der Waals surface area contributed by atoms with Gasteiger partial charge in [-0.05, 0) is 71.9 Å². The molecule has 46 heavy (non-hydrogen) atoms. The molecule has 4 aromatic rings. The van der Waals surface area contributed by atoms with Crippen LogP contribution in [0.4, 0.5) is 0 Å². The van der Waals surface area contributed by atoms with Crippen molar-refractivity contribution in [3.8, 4) is 11.5 Å². The fourth-order valence-corrected chi connectivity index (χ4v) is 6.68. The van der Waals surface area contributed by atoms with E-state index >= 15 is 0 Å². The van der Waals surface area contributed by atoms with Gasteiger partial charge in [-0.15, -0.1) is 0 Å². The molecule has 0 saturated carbocycles. The number of benzene rings is 3. The first-order chi connectivity index (χ1) is 22.1. The van der Waals surface area contributed by atoms with Crippen LogP contribution in [-0.4, -0.2) is 24.3 Å². The molecule has 5 rings (SSSR count). The van der Waals surface area contributed by atoms with Crippen molar-refractivity contribution in [3.63, 3.8) is 0 Å². The Kier molecular flexibility index (Phi) is 10.7. The van der Waals surface area contributed by atoms with Crippen LogP contribution in [0, 0.1) is 0 Å². The molecule has 0 bridgehead atoms. The van der Waals surface area contributed by atoms with Crippen molar-refractivity contribution in [1.82, 2.24) is 4.57 Å². The molecule has 240 valence electrons. The molecule has 2 heterocycles. The number of fused-ring (bicyclic) bond motifs is 1. The number of rotatable bonds is 11. The smallest absolute Gasteiger partial charge is 0.338 e. The summed E-state index contributed by atoms with van der Waals surface area (Å²) in [6.45, 7) is 8.57. The first-order valence-corrected chi connectivity index (χ1v) is 16.8. The third-order valence-corrected chi connectivity index (χ3v) is 9.40. The second-order valence-corrected chi connectivity index (χ2v) is 13.0. The van der Waals surface area contributed by atoms with Crippen LogP contribution in [-0.2, 0) is 16.1 Å². The Hall–Kier alpha value is -3.85. The molecular weight excluding hydrogens is 643 g/mol. The van der Waals surface area contributed by atoms with Crippen molar-refractivity contribution in [2.45, 2.75) is 59.1 Å². The maximum absolute atomic E-state index is 14.1. The van der Waals surface area contributed by atoms with Crippen molar-refractivity contribution in [2.75, 3.05) is 13.7 Å². The van der Waals surface area contributed by atoms with Gasteiger partial charge in [0, 0.05) is 0 Å². The minimum absolute atomic E-state index is 0.222. The van der Waals surface area contributed by atoms with Crippen molar-refractivity contribution in [1.29, 1.82) is 0 Å². The minimum Gasteiger partial charge on any atom is -0.493 e. The Morgan fingerprint density at radius 1 is 1.02 bits per heavy atom. The molecule has 1 aliphatic rings. The molecule has 0 aliphatic carbocycles. The fourth-order valence-electron chi connectivity index (χ4n) is 5.33. The lowest BCUT2D eigenvalue weighted by molar-refractivity contribution is -0.139. The highest BCUT2D eigenvalue weighted by Crippen LogP contribution is 2.34. The molecule has 0 saturated heterocycles. The lowest BCUT2D eigenvalue weighted by Gasteiger charge is -2.26. The van der Waals surface area contributed by atoms with E-state index in [1.807, 2.05) is 43.3 Å². The summed E-state index contributed by atoms with van der Waals surface area (Å²) in [5, 5.41) is 0.934. The van der Waals surface area contributed by atoms with E-state index in [0.717, 1.165) is 23.1 Å². The number of allylic oxidation sites excluding steroid dienone is 1. The normalized spacial score (nSPS) is 14.7. The van der Waals surface area contributed by atoms with Crippen molar-refractivity contribution in [2.24, 2.45) is 4.99 Å². The Morgan fingerprint density at radius 3 is 2.43 bits per heavy atom. The molecule has 0 spiro atoms. The lowest BCUT2D eigenvalue weighted by atomic mass is 9.92. The summed E-state index contributed by atoms with van der Waals surface area (Å²) in [6.07, 6.45) is 3.18. The summed E-state index contributed by atoms with van der Waals surface area (Å²) < 4.78 is 19.2. The highest BCUT2D eigenvalue weighted by Gasteiger charge is 2.34. The second kappa shape index (κ2) is 14.7. The zero-order chi connectivity index (χ0) is 33.0. The van der Waals surface area contributed by atoms with Crippen LogP contribution in [0.2, 0.25) is 10.0 Å². The van der Waals surface area contributed by atoms with Crippen LogP contribution in [0.1, 0.15) is 74.8 Å². The van der Waals surface area contributed by atoms with E-state index in [1.54, 1.807) is 36.8 Å². The number of esters is 1. The molecule has 0 N–H and O–H groups in total. The highest BCUT2D eigenvalue weighted by atomic mass is 35.5. The number of hydrogen-bond acceptors (Lipinski definition) is 7. The number of thiazole rings is 1. The van der Waals surface area contributed by atoms with Crippen LogP contribution in [0.25, 0.3) is 6.08 Å². The predicted octanol–water partition coefficient (Wildman–Crippen LogP) is 7.60. The van der Waals surface area contributed by atoms with Gasteiger partial charge < -0.3 is 14.2 Å². The first-order valence-electron chi connectivity index (χ1n) is 15.2. The van der Waals surface area contributed by atoms with E-state index in [-0.39, 0.29) is 18.8 Å². The number of hydrogen-bond donors (Lipinski definition) is 0. The number of carbonyl (C=O) groups is 1. The molecule has 1 atom stereocenters. The number of aromatic nitrogens is 1. The van der Waals surface area contributed by atoms with Crippen LogP contribution in [0.5, 0.6) is 11.5 Å². The van der Waals surface area contributed by atoms with E-state index in [4.69, 9.17) is 42.4 Å². The Balaban J connectivity index is 1.57. The maximum atomic E-state index is 14.1. The number of nitrogens with zero attached hydrogens (tertiary/aromatic N) is 2. The number of halogens is 2. The number of carbonyl (C=O) groups excluding carboxylic acids is 1. The summed E-state index contributed by atoms with van der Waals surface area (Å²) in [5.41, 5.74) is 4.43. The van der Waals surface area contributed by atoms with Gasteiger partial charge in [0.1, 0.15) is 6.61 Å². The molecule has 7 nitrogen and oxygen atoms in total. The molecule has 0 unspecified atom stereocenters. The van der Waals surface area contributed by atoms with Crippen LogP contribution >= 0.6 is 34.5 Å². The second-order valence-electron chi connectivity index (χ2n) is 11.2. The zero-order valence-electron chi connectivity index (χ0n) is 26.4. The maximum Gasteiger partial charge on any atom is 0.338 e. The third-order valence-electron chi connectivity index (χ3n) is 7.67. The SMILES string of the molecule is CCCC1=C(C(=O)OCC)[C@@H](c2ccc(C(C)C)cc2)n2c(s/c(=C\c3ccc(OCc4ccc(Cl)c(Cl)c4)c(OC)c3)c2=O)=N1. The van der Waals surface area contributed by atoms with E-state index < -0.39 is 12.0 Å². The molecule has 0 amide bonds. The largest absolute Gasteiger partial charge is 0.493 e. The molecular formula is C36H36Cl2N2O5S. The van der Waals surface area contributed by atoms with E-state index in [2.05, 4.69) is 26.0 Å². The molecule has 10 heteroatoms. The molecule has 1 aliphatic heterocycles. The van der Waals surface area contributed by atoms with Gasteiger partial charge in [0.15, 0.2) is 16.3 Å². The summed E-state index contributed by atoms with van der Waals surface area (Å²) in [5.74, 6) is 0.944. The summed E-state index contributed by atoms with van der Waals surface area (Å²) in [6, 6.07) is 18.2. The molecule has 1 aromatic heterocycles. The number of ether oxygens (including phenoxy) is 3. The van der Waals surface area contributed by atoms with Gasteiger partial charge in [-0.3, -0.25) is 9.36 Å². The quantitative estimate of drug-likeness (QED) is 0.153. The summed E-state index contributed by atoms with van der Waals surface area (Å²) in [4.78, 5) is 33.0. The monoisotopic (exact) mass is 678 g/mol. The van der Waals surface area contributed by atoms with Gasteiger partial charge in [-0.1, -0.05) is 98.1 Å². The average Bonchev–Trinajstić information content (AvgIpc) is 3.35. The standard InChI is InChI=1S/C36H36Cl2N2O5S/c1-6-8-28-32(35(42)44-7-2)33(25-13-11-24(12-14-25)21(3)4)40-34(41)31(46-36(40)39-28)19-22-10-16-29(30(18-22)43-5)45-20-23-9-15-26(37)27(38)17-23/h9-19,21,33H,6-8,20H2,1-5H3/b31-19-/t33-/m1/s1. The first kappa shape index (κ1) is 33.5. The Bertz CT molecular complexity index is 1960. The van der Waals surface area contributed by atoms with Gasteiger partial charge in [0.25, 0.3) is 5.56 Å². The van der Waals surface area contributed by atoms with Gasteiger partial charge in [-0.2, -0.15) is 0 Å². The molecule has 3 aromatic carbocycles. The van der Waals surface area contributed by atoms with Crippen LogP contribution < -0.4 is 24.4 Å². The lowest BCUT2D eigenvalue weighted by Crippen LogP contribution is -2.40. The highest BCUT2D eigenvalue weighted by molar-refractivity contribution is 7.07. The van der Waals surface area contributed by atoms with Crippen LogP contribution in [0.15, 0.2) is 81.7 Å². The van der Waals surface area contributed by atoms with Gasteiger partial charge in [0.2, 0.25) is 0 Å². The van der Waals surface area contributed by atoms with Gasteiger partial charge in [-0.25, -0.2) is 9.79 Å². The molecule has 0 fully saturated rings. The number of methoxy groups -OCH3 is 1. The fraction of sp³-hybridized carbons (Fsp3) is 0.306. The van der Waals surface area contributed by atoms with Gasteiger partial charge in [0.05, 0.1) is 45.6 Å². The van der Waals surface area contributed by atoms with Crippen molar-refractivity contribution < 1.29 is 19.0 Å². The Labute approximate surface area is 282 Å². The van der Waals surface area contributed by atoms with Crippen molar-refractivity contribution >= 4 is 46.6 Å². The minimum atomic E-state index is -0.660. The van der Waals surface area contributed by atoms with E-state index in [1.165, 1.54) is 16.9 Å².